The lowest BCUT2D eigenvalue weighted by Gasteiger charge is -2.16. The minimum atomic E-state index is -0.535. The van der Waals surface area contributed by atoms with E-state index in [9.17, 15) is 9.59 Å². The molecule has 1 aromatic rings. The standard InChI is InChI=1S/C14H9BrN2O3S/c1-2-5-20-11-4-3-8(7-10(11)15)6-9-12(18)16-14(21)17-13(9)19/h1,3-4,6-7H,5H2,(H2,16,17,18,19,21). The molecule has 106 valence electrons. The maximum atomic E-state index is 11.7. The van der Waals surface area contributed by atoms with E-state index in [4.69, 9.17) is 23.4 Å². The van der Waals surface area contributed by atoms with Crippen molar-refractivity contribution >= 4 is 51.2 Å². The minimum absolute atomic E-state index is 0.00126. The molecule has 1 aliphatic heterocycles. The zero-order chi connectivity index (χ0) is 15.4. The Bertz CT molecular complexity index is 685. The fraction of sp³-hybridized carbons (Fsp3) is 0.0714. The maximum absolute atomic E-state index is 11.7. The van der Waals surface area contributed by atoms with E-state index in [1.165, 1.54) is 6.08 Å². The Morgan fingerprint density at radius 2 is 2.00 bits per heavy atom. The third-order valence-corrected chi connectivity index (χ3v) is 3.35. The number of rotatable bonds is 3. The molecule has 2 rings (SSSR count). The average Bonchev–Trinajstić information content (AvgIpc) is 2.42. The van der Waals surface area contributed by atoms with Gasteiger partial charge in [-0.1, -0.05) is 12.0 Å². The fourth-order valence-electron chi connectivity index (χ4n) is 1.62. The molecular formula is C14H9BrN2O3S. The van der Waals surface area contributed by atoms with Gasteiger partial charge < -0.3 is 4.74 Å². The van der Waals surface area contributed by atoms with Crippen molar-refractivity contribution in [3.05, 3.63) is 33.8 Å². The van der Waals surface area contributed by atoms with E-state index in [0.29, 0.717) is 15.8 Å². The zero-order valence-corrected chi connectivity index (χ0v) is 13.0. The first-order valence-electron chi connectivity index (χ1n) is 5.75. The molecule has 0 bridgehead atoms. The molecule has 0 radical (unpaired) electrons. The van der Waals surface area contributed by atoms with Gasteiger partial charge in [0.25, 0.3) is 11.8 Å². The van der Waals surface area contributed by atoms with Crippen LogP contribution in [0.4, 0.5) is 0 Å². The highest BCUT2D eigenvalue weighted by Crippen LogP contribution is 2.27. The van der Waals surface area contributed by atoms with Crippen molar-refractivity contribution in [3.63, 3.8) is 0 Å². The van der Waals surface area contributed by atoms with Crippen molar-refractivity contribution in [2.75, 3.05) is 6.61 Å². The van der Waals surface area contributed by atoms with Crippen LogP contribution in [-0.2, 0) is 9.59 Å². The molecule has 1 aromatic carbocycles. The Kier molecular flexibility index (Phi) is 4.73. The third kappa shape index (κ3) is 3.68. The van der Waals surface area contributed by atoms with Crippen molar-refractivity contribution < 1.29 is 14.3 Å². The van der Waals surface area contributed by atoms with Crippen LogP contribution in [0, 0.1) is 12.3 Å². The predicted molar refractivity (Wildman–Crippen MR) is 85.3 cm³/mol. The molecule has 1 fully saturated rings. The summed E-state index contributed by atoms with van der Waals surface area (Å²) in [6.07, 6.45) is 6.58. The van der Waals surface area contributed by atoms with Crippen LogP contribution in [-0.4, -0.2) is 23.5 Å². The van der Waals surface area contributed by atoms with Gasteiger partial charge in [0, 0.05) is 0 Å². The summed E-state index contributed by atoms with van der Waals surface area (Å²) in [6, 6.07) is 5.11. The fourth-order valence-corrected chi connectivity index (χ4v) is 2.31. The van der Waals surface area contributed by atoms with Gasteiger partial charge in [0.15, 0.2) is 5.11 Å². The summed E-state index contributed by atoms with van der Waals surface area (Å²) in [5.41, 5.74) is 0.635. The molecule has 0 saturated carbocycles. The summed E-state index contributed by atoms with van der Waals surface area (Å²) in [5.74, 6) is 1.87. The first kappa shape index (κ1) is 15.2. The van der Waals surface area contributed by atoms with E-state index in [0.717, 1.165) is 0 Å². The molecule has 21 heavy (non-hydrogen) atoms. The van der Waals surface area contributed by atoms with Crippen molar-refractivity contribution in [2.24, 2.45) is 0 Å². The number of nitrogens with one attached hydrogen (secondary N) is 2. The quantitative estimate of drug-likeness (QED) is 0.368. The summed E-state index contributed by atoms with van der Waals surface area (Å²) in [4.78, 5) is 23.5. The Balaban J connectivity index is 2.27. The number of amides is 2. The lowest BCUT2D eigenvalue weighted by Crippen LogP contribution is -2.51. The number of halogens is 1. The smallest absolute Gasteiger partial charge is 0.263 e. The van der Waals surface area contributed by atoms with Crippen LogP contribution in [0.2, 0.25) is 0 Å². The van der Waals surface area contributed by atoms with Crippen LogP contribution in [0.15, 0.2) is 28.2 Å². The molecule has 0 unspecified atom stereocenters. The predicted octanol–water partition coefficient (Wildman–Crippen LogP) is 1.38. The molecule has 0 spiro atoms. The topological polar surface area (TPSA) is 67.4 Å². The van der Waals surface area contributed by atoms with Crippen LogP contribution in [0.1, 0.15) is 5.56 Å². The lowest BCUT2D eigenvalue weighted by atomic mass is 10.1. The van der Waals surface area contributed by atoms with Crippen molar-refractivity contribution in [2.45, 2.75) is 0 Å². The molecule has 0 aromatic heterocycles. The number of hydrogen-bond acceptors (Lipinski definition) is 4. The SMILES string of the molecule is C#CCOc1ccc(C=C2C(=O)NC(=S)NC2=O)cc1Br. The van der Waals surface area contributed by atoms with E-state index in [-0.39, 0.29) is 17.3 Å². The van der Waals surface area contributed by atoms with Gasteiger partial charge in [-0.3, -0.25) is 20.2 Å². The molecule has 0 atom stereocenters. The summed E-state index contributed by atoms with van der Waals surface area (Å²) < 4.78 is 5.97. The molecule has 2 amide bonds. The number of ether oxygens (including phenoxy) is 1. The summed E-state index contributed by atoms with van der Waals surface area (Å²) in [7, 11) is 0. The van der Waals surface area contributed by atoms with Gasteiger partial charge in [-0.05, 0) is 51.9 Å². The zero-order valence-electron chi connectivity index (χ0n) is 10.6. The summed E-state index contributed by atoms with van der Waals surface area (Å²) >= 11 is 8.06. The Morgan fingerprint density at radius 3 is 2.57 bits per heavy atom. The second-order valence-electron chi connectivity index (χ2n) is 3.98. The third-order valence-electron chi connectivity index (χ3n) is 2.52. The van der Waals surface area contributed by atoms with Crippen molar-refractivity contribution in [1.29, 1.82) is 0 Å². The van der Waals surface area contributed by atoms with E-state index < -0.39 is 11.8 Å². The first-order valence-corrected chi connectivity index (χ1v) is 6.95. The van der Waals surface area contributed by atoms with E-state index >= 15 is 0 Å². The van der Waals surface area contributed by atoms with Crippen LogP contribution < -0.4 is 15.4 Å². The van der Waals surface area contributed by atoms with Gasteiger partial charge in [0.2, 0.25) is 0 Å². The number of terminal acetylenes is 1. The highest BCUT2D eigenvalue weighted by Gasteiger charge is 2.25. The monoisotopic (exact) mass is 364 g/mol. The molecule has 2 N–H and O–H groups in total. The number of benzene rings is 1. The number of carbonyl (C=O) groups excluding carboxylic acids is 2. The molecule has 1 saturated heterocycles. The molecule has 7 heteroatoms. The van der Waals surface area contributed by atoms with Crippen LogP contribution in [0.5, 0.6) is 5.75 Å². The van der Waals surface area contributed by atoms with Gasteiger partial charge >= 0.3 is 0 Å². The second kappa shape index (κ2) is 6.52. The van der Waals surface area contributed by atoms with Gasteiger partial charge in [-0.15, -0.1) is 6.42 Å². The van der Waals surface area contributed by atoms with Gasteiger partial charge in [0.1, 0.15) is 17.9 Å². The van der Waals surface area contributed by atoms with Crippen molar-refractivity contribution in [3.8, 4) is 18.1 Å². The minimum Gasteiger partial charge on any atom is -0.480 e. The average molecular weight is 365 g/mol. The Labute approximate surface area is 134 Å². The molecule has 1 heterocycles. The number of thiocarbonyl (C=S) groups is 1. The van der Waals surface area contributed by atoms with Crippen LogP contribution >= 0.6 is 28.1 Å². The largest absolute Gasteiger partial charge is 0.480 e. The van der Waals surface area contributed by atoms with E-state index in [2.05, 4.69) is 32.5 Å². The lowest BCUT2D eigenvalue weighted by molar-refractivity contribution is -0.123. The summed E-state index contributed by atoms with van der Waals surface area (Å²) in [6.45, 7) is 0.154. The normalized spacial score (nSPS) is 14.1. The van der Waals surface area contributed by atoms with Gasteiger partial charge in [-0.2, -0.15) is 0 Å². The van der Waals surface area contributed by atoms with Crippen molar-refractivity contribution in [1.82, 2.24) is 10.6 Å². The van der Waals surface area contributed by atoms with E-state index in [1.54, 1.807) is 18.2 Å². The van der Waals surface area contributed by atoms with Gasteiger partial charge in [0.05, 0.1) is 4.47 Å². The molecular weight excluding hydrogens is 356 g/mol. The first-order chi connectivity index (χ1) is 10.0. The maximum Gasteiger partial charge on any atom is 0.263 e. The Morgan fingerprint density at radius 1 is 1.33 bits per heavy atom. The Hall–Kier alpha value is -2.17. The number of carbonyl (C=O) groups is 2. The highest BCUT2D eigenvalue weighted by molar-refractivity contribution is 9.10. The second-order valence-corrected chi connectivity index (χ2v) is 5.24. The molecule has 1 aliphatic rings. The highest BCUT2D eigenvalue weighted by atomic mass is 79.9. The van der Waals surface area contributed by atoms with Crippen LogP contribution in [0.25, 0.3) is 6.08 Å². The van der Waals surface area contributed by atoms with E-state index in [1.807, 2.05) is 0 Å². The summed E-state index contributed by atoms with van der Waals surface area (Å²) in [5, 5.41) is 4.74. The molecule has 5 nitrogen and oxygen atoms in total. The number of hydrogen-bond donors (Lipinski definition) is 2. The van der Waals surface area contributed by atoms with Crippen LogP contribution in [0.3, 0.4) is 0 Å². The van der Waals surface area contributed by atoms with Gasteiger partial charge in [-0.25, -0.2) is 0 Å². The molecule has 0 aliphatic carbocycles.